The lowest BCUT2D eigenvalue weighted by Crippen LogP contribution is -2.66. The Hall–Kier alpha value is -1.17. The molecule has 0 N–H and O–H groups in total. The van der Waals surface area contributed by atoms with Gasteiger partial charge in [0.05, 0.1) is 18.1 Å². The number of benzene rings is 1. The Balaban J connectivity index is 1.55. The minimum atomic E-state index is -0.513. The van der Waals surface area contributed by atoms with E-state index in [4.69, 9.17) is 21.1 Å². The molecular formula is C18H23ClFNO3. The van der Waals surface area contributed by atoms with E-state index < -0.39 is 5.82 Å². The summed E-state index contributed by atoms with van der Waals surface area (Å²) in [7, 11) is 0. The van der Waals surface area contributed by atoms with Crippen LogP contribution in [-0.2, 0) is 9.47 Å². The first-order chi connectivity index (χ1) is 11.5. The van der Waals surface area contributed by atoms with Crippen molar-refractivity contribution in [1.82, 2.24) is 4.90 Å². The third-order valence-corrected chi connectivity index (χ3v) is 5.17. The van der Waals surface area contributed by atoms with Crippen molar-refractivity contribution in [2.24, 2.45) is 5.92 Å². The Kier molecular flexibility index (Phi) is 5.42. The van der Waals surface area contributed by atoms with Gasteiger partial charge < -0.3 is 14.4 Å². The smallest absolute Gasteiger partial charge is 0.254 e. The average Bonchev–Trinajstić information content (AvgIpc) is 2.55. The third-order valence-electron chi connectivity index (χ3n) is 4.88. The average molecular weight is 356 g/mol. The van der Waals surface area contributed by atoms with Crippen LogP contribution in [0.5, 0.6) is 0 Å². The molecule has 0 aromatic heterocycles. The molecule has 0 bridgehead atoms. The Bertz CT molecular complexity index is 604. The summed E-state index contributed by atoms with van der Waals surface area (Å²) in [6.45, 7) is 5.45. The van der Waals surface area contributed by atoms with Crippen molar-refractivity contribution in [2.75, 3.05) is 32.9 Å². The van der Waals surface area contributed by atoms with Crippen LogP contribution in [-0.4, -0.2) is 49.3 Å². The Labute approximate surface area is 146 Å². The zero-order valence-corrected chi connectivity index (χ0v) is 14.7. The number of hydrogen-bond acceptors (Lipinski definition) is 3. The zero-order valence-electron chi connectivity index (χ0n) is 13.9. The van der Waals surface area contributed by atoms with E-state index in [1.807, 2.05) is 6.92 Å². The van der Waals surface area contributed by atoms with Gasteiger partial charge in [0, 0.05) is 25.4 Å². The summed E-state index contributed by atoms with van der Waals surface area (Å²) < 4.78 is 24.7. The van der Waals surface area contributed by atoms with Gasteiger partial charge in [-0.2, -0.15) is 0 Å². The summed E-state index contributed by atoms with van der Waals surface area (Å²) in [5.41, 5.74) is 0.203. The molecule has 6 heteroatoms. The van der Waals surface area contributed by atoms with E-state index >= 15 is 0 Å². The summed E-state index contributed by atoms with van der Waals surface area (Å²) in [4.78, 5) is 14.2. The number of halogens is 2. The fourth-order valence-electron chi connectivity index (χ4n) is 3.60. The Morgan fingerprint density at radius 3 is 3.00 bits per heavy atom. The van der Waals surface area contributed by atoms with Crippen LogP contribution in [0.25, 0.3) is 0 Å². The first kappa shape index (κ1) is 17.6. The molecule has 24 heavy (non-hydrogen) atoms. The van der Waals surface area contributed by atoms with Crippen molar-refractivity contribution < 1.29 is 18.7 Å². The van der Waals surface area contributed by atoms with E-state index in [0.717, 1.165) is 39.1 Å². The monoisotopic (exact) mass is 355 g/mol. The summed E-state index contributed by atoms with van der Waals surface area (Å²) in [6.07, 6.45) is 3.06. The molecule has 2 heterocycles. The standard InChI is InChI=1S/C18H23ClFNO3/c1-2-23-7-5-13-6-8-24-18(10-13)11-21(12-18)17(22)14-3-4-16(20)15(19)9-14/h3-4,9,13H,2,5-8,10-12H2,1H3/t13-/m1/s1. The van der Waals surface area contributed by atoms with Gasteiger partial charge in [-0.15, -0.1) is 0 Å². The molecule has 2 fully saturated rings. The molecule has 2 saturated heterocycles. The normalized spacial score (nSPS) is 22.5. The maximum atomic E-state index is 13.2. The van der Waals surface area contributed by atoms with Gasteiger partial charge in [-0.05, 0) is 50.3 Å². The number of carbonyl (C=O) groups is 1. The molecule has 1 aromatic rings. The summed E-state index contributed by atoms with van der Waals surface area (Å²) in [6, 6.07) is 4.09. The Morgan fingerprint density at radius 2 is 2.29 bits per heavy atom. The van der Waals surface area contributed by atoms with E-state index in [2.05, 4.69) is 0 Å². The summed E-state index contributed by atoms with van der Waals surface area (Å²) >= 11 is 5.76. The highest BCUT2D eigenvalue weighted by Crippen LogP contribution is 2.38. The van der Waals surface area contributed by atoms with E-state index in [1.54, 1.807) is 4.90 Å². The van der Waals surface area contributed by atoms with E-state index in [-0.39, 0.29) is 16.5 Å². The van der Waals surface area contributed by atoms with Crippen molar-refractivity contribution >= 4 is 17.5 Å². The maximum absolute atomic E-state index is 13.2. The topological polar surface area (TPSA) is 38.8 Å². The molecule has 1 aromatic carbocycles. The second-order valence-corrected chi connectivity index (χ2v) is 7.07. The maximum Gasteiger partial charge on any atom is 0.254 e. The summed E-state index contributed by atoms with van der Waals surface area (Å²) in [5, 5.41) is -0.0269. The first-order valence-electron chi connectivity index (χ1n) is 8.49. The summed E-state index contributed by atoms with van der Waals surface area (Å²) in [5.74, 6) is -0.0496. The molecule has 1 amide bonds. The lowest BCUT2D eigenvalue weighted by atomic mass is 9.79. The van der Waals surface area contributed by atoms with Gasteiger partial charge in [-0.25, -0.2) is 4.39 Å². The van der Waals surface area contributed by atoms with E-state index in [1.165, 1.54) is 18.2 Å². The first-order valence-corrected chi connectivity index (χ1v) is 8.87. The quantitative estimate of drug-likeness (QED) is 0.758. The van der Waals surface area contributed by atoms with Gasteiger partial charge in [0.2, 0.25) is 0 Å². The van der Waals surface area contributed by atoms with Gasteiger partial charge in [0.25, 0.3) is 5.91 Å². The lowest BCUT2D eigenvalue weighted by molar-refractivity contribution is -0.167. The SMILES string of the molecule is CCOCC[C@@H]1CCOC2(C1)CN(C(=O)c1ccc(F)c(Cl)c1)C2. The molecule has 1 atom stereocenters. The number of rotatable bonds is 5. The van der Waals surface area contributed by atoms with Gasteiger partial charge in [-0.1, -0.05) is 11.6 Å². The highest BCUT2D eigenvalue weighted by molar-refractivity contribution is 6.31. The van der Waals surface area contributed by atoms with Crippen molar-refractivity contribution in [1.29, 1.82) is 0 Å². The fraction of sp³-hybridized carbons (Fsp3) is 0.611. The van der Waals surface area contributed by atoms with Gasteiger partial charge in [-0.3, -0.25) is 4.79 Å². The van der Waals surface area contributed by atoms with Crippen LogP contribution in [0, 0.1) is 11.7 Å². The molecule has 2 aliphatic heterocycles. The molecular weight excluding hydrogens is 333 g/mol. The fourth-order valence-corrected chi connectivity index (χ4v) is 3.78. The molecule has 4 nitrogen and oxygen atoms in total. The van der Waals surface area contributed by atoms with Crippen molar-refractivity contribution in [3.8, 4) is 0 Å². The highest BCUT2D eigenvalue weighted by Gasteiger charge is 2.49. The minimum absolute atomic E-state index is 0.0269. The second-order valence-electron chi connectivity index (χ2n) is 6.67. The number of ether oxygens (including phenoxy) is 2. The lowest BCUT2D eigenvalue weighted by Gasteiger charge is -2.53. The molecule has 0 unspecified atom stereocenters. The van der Waals surface area contributed by atoms with Crippen LogP contribution in [0.2, 0.25) is 5.02 Å². The molecule has 1 spiro atoms. The number of amides is 1. The van der Waals surface area contributed by atoms with E-state index in [0.29, 0.717) is 24.6 Å². The van der Waals surface area contributed by atoms with E-state index in [9.17, 15) is 9.18 Å². The molecule has 2 aliphatic rings. The van der Waals surface area contributed by atoms with Gasteiger partial charge in [0.15, 0.2) is 0 Å². The predicted molar refractivity (Wildman–Crippen MR) is 89.8 cm³/mol. The van der Waals surface area contributed by atoms with Crippen LogP contribution < -0.4 is 0 Å². The van der Waals surface area contributed by atoms with Crippen LogP contribution in [0.15, 0.2) is 18.2 Å². The van der Waals surface area contributed by atoms with Crippen LogP contribution in [0.3, 0.4) is 0 Å². The number of nitrogens with zero attached hydrogens (tertiary/aromatic N) is 1. The molecule has 0 radical (unpaired) electrons. The van der Waals surface area contributed by atoms with Crippen LogP contribution in [0.4, 0.5) is 4.39 Å². The molecule has 0 saturated carbocycles. The van der Waals surface area contributed by atoms with Crippen molar-refractivity contribution in [3.63, 3.8) is 0 Å². The van der Waals surface area contributed by atoms with Gasteiger partial charge in [0.1, 0.15) is 11.4 Å². The molecule has 3 rings (SSSR count). The number of hydrogen-bond donors (Lipinski definition) is 0. The number of likely N-dealkylation sites (tertiary alicyclic amines) is 1. The highest BCUT2D eigenvalue weighted by atomic mass is 35.5. The Morgan fingerprint density at radius 1 is 1.50 bits per heavy atom. The third kappa shape index (κ3) is 3.73. The largest absolute Gasteiger partial charge is 0.382 e. The van der Waals surface area contributed by atoms with Crippen molar-refractivity contribution in [2.45, 2.75) is 31.8 Å². The van der Waals surface area contributed by atoms with Crippen molar-refractivity contribution in [3.05, 3.63) is 34.6 Å². The second kappa shape index (κ2) is 7.38. The number of carbonyl (C=O) groups excluding carboxylic acids is 1. The minimum Gasteiger partial charge on any atom is -0.382 e. The van der Waals surface area contributed by atoms with Crippen LogP contribution >= 0.6 is 11.6 Å². The molecule has 0 aliphatic carbocycles. The van der Waals surface area contributed by atoms with Gasteiger partial charge >= 0.3 is 0 Å². The predicted octanol–water partition coefficient (Wildman–Crippen LogP) is 3.53. The zero-order chi connectivity index (χ0) is 17.2. The molecule has 132 valence electrons. The van der Waals surface area contributed by atoms with Crippen LogP contribution in [0.1, 0.15) is 36.5 Å².